The van der Waals surface area contributed by atoms with Gasteiger partial charge in [0.05, 0.1) is 16.8 Å². The SMILES string of the molecule is Cc1ccc(-n2[nH]c(C)c(C=Nc3sc4c(c3C#N)CCCC4)c2=O)cc1. The van der Waals surface area contributed by atoms with Crippen LogP contribution >= 0.6 is 11.3 Å². The van der Waals surface area contributed by atoms with Gasteiger partial charge in [0.2, 0.25) is 0 Å². The van der Waals surface area contributed by atoms with Gasteiger partial charge in [-0.3, -0.25) is 9.89 Å². The van der Waals surface area contributed by atoms with E-state index < -0.39 is 0 Å². The second-order valence-electron chi connectivity index (χ2n) is 6.89. The van der Waals surface area contributed by atoms with Crippen molar-refractivity contribution in [1.82, 2.24) is 9.78 Å². The number of aliphatic imine (C=N–C) groups is 1. The Balaban J connectivity index is 1.72. The molecule has 136 valence electrons. The summed E-state index contributed by atoms with van der Waals surface area (Å²) in [5, 5.41) is 13.4. The van der Waals surface area contributed by atoms with E-state index in [1.54, 1.807) is 17.6 Å². The van der Waals surface area contributed by atoms with Gasteiger partial charge in [-0.25, -0.2) is 9.67 Å². The average molecular weight is 376 g/mol. The molecule has 0 saturated carbocycles. The van der Waals surface area contributed by atoms with Gasteiger partial charge in [-0.1, -0.05) is 17.7 Å². The molecular weight excluding hydrogens is 356 g/mol. The van der Waals surface area contributed by atoms with Crippen LogP contribution in [0, 0.1) is 25.2 Å². The molecule has 1 aliphatic carbocycles. The van der Waals surface area contributed by atoms with Gasteiger partial charge in [-0.15, -0.1) is 11.3 Å². The van der Waals surface area contributed by atoms with Crippen molar-refractivity contribution < 1.29 is 0 Å². The number of hydrogen-bond donors (Lipinski definition) is 1. The van der Waals surface area contributed by atoms with Crippen molar-refractivity contribution in [3.8, 4) is 11.8 Å². The lowest BCUT2D eigenvalue weighted by molar-refractivity contribution is 0.696. The van der Waals surface area contributed by atoms with Gasteiger partial charge in [-0.2, -0.15) is 5.26 Å². The third kappa shape index (κ3) is 3.15. The highest BCUT2D eigenvalue weighted by Gasteiger charge is 2.20. The van der Waals surface area contributed by atoms with Gasteiger partial charge in [-0.05, 0) is 57.2 Å². The molecule has 2 aromatic heterocycles. The maximum atomic E-state index is 12.8. The summed E-state index contributed by atoms with van der Waals surface area (Å²) < 4.78 is 1.53. The predicted molar refractivity (Wildman–Crippen MR) is 109 cm³/mol. The number of benzene rings is 1. The summed E-state index contributed by atoms with van der Waals surface area (Å²) in [6, 6.07) is 10.1. The largest absolute Gasteiger partial charge is 0.295 e. The van der Waals surface area contributed by atoms with Gasteiger partial charge >= 0.3 is 0 Å². The molecule has 0 aliphatic heterocycles. The molecule has 1 aliphatic rings. The smallest absolute Gasteiger partial charge is 0.280 e. The van der Waals surface area contributed by atoms with Crippen LogP contribution in [0.25, 0.3) is 5.69 Å². The predicted octanol–water partition coefficient (Wildman–Crippen LogP) is 4.35. The van der Waals surface area contributed by atoms with E-state index in [0.29, 0.717) is 16.1 Å². The lowest BCUT2D eigenvalue weighted by atomic mass is 9.96. The maximum Gasteiger partial charge on any atom is 0.280 e. The quantitative estimate of drug-likeness (QED) is 0.690. The Morgan fingerprint density at radius 3 is 2.70 bits per heavy atom. The second kappa shape index (κ2) is 7.01. The molecule has 4 rings (SSSR count). The zero-order valence-electron chi connectivity index (χ0n) is 15.4. The molecule has 27 heavy (non-hydrogen) atoms. The molecule has 6 heteroatoms. The Morgan fingerprint density at radius 2 is 1.96 bits per heavy atom. The number of nitrogens with zero attached hydrogens (tertiary/aromatic N) is 3. The van der Waals surface area contributed by atoms with E-state index in [4.69, 9.17) is 0 Å². The molecule has 0 radical (unpaired) electrons. The third-order valence-electron chi connectivity index (χ3n) is 4.98. The molecule has 0 amide bonds. The van der Waals surface area contributed by atoms with Crippen LogP contribution in [-0.4, -0.2) is 16.0 Å². The molecule has 0 atom stereocenters. The van der Waals surface area contributed by atoms with Crippen molar-refractivity contribution >= 4 is 22.6 Å². The summed E-state index contributed by atoms with van der Waals surface area (Å²) in [6.45, 7) is 3.87. The maximum absolute atomic E-state index is 12.8. The normalized spacial score (nSPS) is 13.7. The number of nitriles is 1. The number of hydrogen-bond acceptors (Lipinski definition) is 4. The summed E-state index contributed by atoms with van der Waals surface area (Å²) >= 11 is 1.58. The van der Waals surface area contributed by atoms with E-state index in [0.717, 1.165) is 41.8 Å². The summed E-state index contributed by atoms with van der Waals surface area (Å²) in [5.74, 6) is 0. The van der Waals surface area contributed by atoms with E-state index in [9.17, 15) is 10.1 Å². The average Bonchev–Trinajstić information content (AvgIpc) is 3.17. The van der Waals surface area contributed by atoms with E-state index in [1.807, 2.05) is 38.1 Å². The molecule has 0 fully saturated rings. The van der Waals surface area contributed by atoms with Crippen LogP contribution in [0.15, 0.2) is 34.1 Å². The molecule has 3 aromatic rings. The summed E-state index contributed by atoms with van der Waals surface area (Å²) in [7, 11) is 0. The number of aromatic amines is 1. The lowest BCUT2D eigenvalue weighted by Crippen LogP contribution is -2.17. The fourth-order valence-corrected chi connectivity index (χ4v) is 4.65. The van der Waals surface area contributed by atoms with E-state index in [2.05, 4.69) is 16.2 Å². The van der Waals surface area contributed by atoms with Gasteiger partial charge in [0, 0.05) is 16.8 Å². The Kier molecular flexibility index (Phi) is 4.54. The van der Waals surface area contributed by atoms with E-state index in [-0.39, 0.29) is 5.56 Å². The standard InChI is InChI=1S/C21H20N4OS/c1-13-7-9-15(10-8-13)25-21(26)18(14(2)24-25)12-23-20-17(11-22)16-5-3-4-6-19(16)27-20/h7-10,12,24H,3-6H2,1-2H3. The molecular formula is C21H20N4OS. The highest BCUT2D eigenvalue weighted by Crippen LogP contribution is 2.39. The lowest BCUT2D eigenvalue weighted by Gasteiger charge is -2.09. The van der Waals surface area contributed by atoms with E-state index >= 15 is 0 Å². The van der Waals surface area contributed by atoms with Crippen LogP contribution in [-0.2, 0) is 12.8 Å². The first-order chi connectivity index (χ1) is 13.1. The van der Waals surface area contributed by atoms with Crippen LogP contribution in [0.3, 0.4) is 0 Å². The molecule has 0 spiro atoms. The first-order valence-corrected chi connectivity index (χ1v) is 9.87. The summed E-state index contributed by atoms with van der Waals surface area (Å²) in [4.78, 5) is 18.6. The topological polar surface area (TPSA) is 73.9 Å². The summed E-state index contributed by atoms with van der Waals surface area (Å²) in [6.07, 6.45) is 5.86. The fraction of sp³-hybridized carbons (Fsp3) is 0.286. The minimum absolute atomic E-state index is 0.139. The van der Waals surface area contributed by atoms with Crippen molar-refractivity contribution in [1.29, 1.82) is 5.26 Å². The van der Waals surface area contributed by atoms with Crippen LogP contribution in [0.5, 0.6) is 0 Å². The monoisotopic (exact) mass is 376 g/mol. The molecule has 1 aromatic carbocycles. The number of H-pyrrole nitrogens is 1. The Morgan fingerprint density at radius 1 is 1.22 bits per heavy atom. The zero-order chi connectivity index (χ0) is 19.0. The summed E-state index contributed by atoms with van der Waals surface area (Å²) in [5.41, 5.74) is 4.90. The van der Waals surface area contributed by atoms with Crippen molar-refractivity contribution in [3.63, 3.8) is 0 Å². The molecule has 1 N–H and O–H groups in total. The second-order valence-corrected chi connectivity index (χ2v) is 7.97. The minimum Gasteiger partial charge on any atom is -0.295 e. The minimum atomic E-state index is -0.139. The Labute approximate surface area is 161 Å². The number of rotatable bonds is 3. The van der Waals surface area contributed by atoms with Crippen molar-refractivity contribution in [2.45, 2.75) is 39.5 Å². The van der Waals surface area contributed by atoms with Crippen LogP contribution in [0.1, 0.15) is 45.7 Å². The van der Waals surface area contributed by atoms with Crippen LogP contribution < -0.4 is 5.56 Å². The van der Waals surface area contributed by atoms with Crippen LogP contribution in [0.4, 0.5) is 5.00 Å². The number of nitrogens with one attached hydrogen (secondary N) is 1. The van der Waals surface area contributed by atoms with Crippen molar-refractivity contribution in [2.75, 3.05) is 0 Å². The number of aromatic nitrogens is 2. The highest BCUT2D eigenvalue weighted by atomic mass is 32.1. The highest BCUT2D eigenvalue weighted by molar-refractivity contribution is 7.16. The van der Waals surface area contributed by atoms with Crippen molar-refractivity contribution in [3.05, 3.63) is 67.4 Å². The molecule has 5 nitrogen and oxygen atoms in total. The molecule has 0 bridgehead atoms. The molecule has 2 heterocycles. The number of fused-ring (bicyclic) bond motifs is 1. The molecule has 0 unspecified atom stereocenters. The fourth-order valence-electron chi connectivity index (χ4n) is 3.47. The Hall–Kier alpha value is -2.91. The first kappa shape index (κ1) is 17.5. The number of thiophene rings is 1. The van der Waals surface area contributed by atoms with E-state index in [1.165, 1.54) is 16.0 Å². The van der Waals surface area contributed by atoms with Gasteiger partial charge in [0.15, 0.2) is 0 Å². The van der Waals surface area contributed by atoms with Gasteiger partial charge in [0.25, 0.3) is 5.56 Å². The zero-order valence-corrected chi connectivity index (χ0v) is 16.2. The van der Waals surface area contributed by atoms with Crippen molar-refractivity contribution in [2.24, 2.45) is 4.99 Å². The van der Waals surface area contributed by atoms with Gasteiger partial charge < -0.3 is 0 Å². The van der Waals surface area contributed by atoms with Gasteiger partial charge in [0.1, 0.15) is 11.1 Å². The Bertz CT molecular complexity index is 1120. The molecule has 0 saturated heterocycles. The first-order valence-electron chi connectivity index (χ1n) is 9.06. The van der Waals surface area contributed by atoms with Crippen LogP contribution in [0.2, 0.25) is 0 Å². The number of aryl methyl sites for hydroxylation is 3. The third-order valence-corrected chi connectivity index (χ3v) is 6.18.